The highest BCUT2D eigenvalue weighted by molar-refractivity contribution is 6.30. The zero-order chi connectivity index (χ0) is 9.42. The van der Waals surface area contributed by atoms with E-state index >= 15 is 0 Å². The average molecular weight is 197 g/mol. The smallest absolute Gasteiger partial charge is 0.109 e. The lowest BCUT2D eigenvalue weighted by molar-refractivity contribution is 0.0470. The predicted octanol–water partition coefficient (Wildman–Crippen LogP) is 1.76. The van der Waals surface area contributed by atoms with Crippen molar-refractivity contribution in [3.8, 4) is 0 Å². The van der Waals surface area contributed by atoms with Crippen LogP contribution >= 0.6 is 11.6 Å². The molecule has 68 valence electrons. The quantitative estimate of drug-likeness (QED) is 0.664. The van der Waals surface area contributed by atoms with Crippen LogP contribution in [-0.2, 0) is 0 Å². The Bertz CT molecular complexity index is 360. The van der Waals surface area contributed by atoms with E-state index in [4.69, 9.17) is 11.6 Å². The molecule has 0 aliphatic heterocycles. The molecule has 0 heterocycles. The fourth-order valence-corrected chi connectivity index (χ4v) is 1.63. The Morgan fingerprint density at radius 2 is 2.00 bits per heavy atom. The maximum absolute atomic E-state index is 9.59. The Morgan fingerprint density at radius 1 is 1.23 bits per heavy atom. The van der Waals surface area contributed by atoms with Crippen molar-refractivity contribution in [1.82, 2.24) is 0 Å². The lowest BCUT2D eigenvalue weighted by atomic mass is 9.93. The first kappa shape index (κ1) is 8.75. The van der Waals surface area contributed by atoms with Crippen LogP contribution in [0.4, 0.5) is 0 Å². The van der Waals surface area contributed by atoms with Gasteiger partial charge in [-0.1, -0.05) is 29.8 Å². The Balaban J connectivity index is 2.54. The van der Waals surface area contributed by atoms with Gasteiger partial charge in [0.05, 0.1) is 0 Å². The van der Waals surface area contributed by atoms with Crippen molar-refractivity contribution in [1.29, 1.82) is 0 Å². The van der Waals surface area contributed by atoms with Crippen molar-refractivity contribution in [3.63, 3.8) is 0 Å². The number of halogens is 1. The molecule has 2 atom stereocenters. The number of aliphatic hydroxyl groups is 2. The van der Waals surface area contributed by atoms with Crippen LogP contribution in [0, 0.1) is 0 Å². The number of benzene rings is 1. The van der Waals surface area contributed by atoms with E-state index in [1.54, 1.807) is 24.3 Å². The van der Waals surface area contributed by atoms with Gasteiger partial charge >= 0.3 is 0 Å². The molecule has 0 fully saturated rings. The van der Waals surface area contributed by atoms with Crippen LogP contribution < -0.4 is 0 Å². The van der Waals surface area contributed by atoms with Crippen molar-refractivity contribution in [2.24, 2.45) is 0 Å². The van der Waals surface area contributed by atoms with Gasteiger partial charge in [0.1, 0.15) is 12.2 Å². The number of hydrogen-bond donors (Lipinski definition) is 2. The summed E-state index contributed by atoms with van der Waals surface area (Å²) in [5, 5.41) is 19.5. The topological polar surface area (TPSA) is 40.5 Å². The average Bonchev–Trinajstić information content (AvgIpc) is 2.12. The van der Waals surface area contributed by atoms with Crippen LogP contribution in [0.25, 0.3) is 6.08 Å². The van der Waals surface area contributed by atoms with Gasteiger partial charge in [-0.25, -0.2) is 0 Å². The van der Waals surface area contributed by atoms with E-state index < -0.39 is 12.2 Å². The minimum atomic E-state index is -0.862. The van der Waals surface area contributed by atoms with Gasteiger partial charge in [-0.05, 0) is 23.3 Å². The van der Waals surface area contributed by atoms with Gasteiger partial charge in [-0.2, -0.15) is 0 Å². The van der Waals surface area contributed by atoms with Gasteiger partial charge in [0.15, 0.2) is 0 Å². The third-order valence-electron chi connectivity index (χ3n) is 2.16. The Hall–Kier alpha value is -0.830. The fraction of sp³-hybridized carbons (Fsp3) is 0.200. The van der Waals surface area contributed by atoms with Gasteiger partial charge in [0.25, 0.3) is 0 Å². The minimum absolute atomic E-state index is 0.570. The van der Waals surface area contributed by atoms with Crippen LogP contribution in [0.3, 0.4) is 0 Å². The lowest BCUT2D eigenvalue weighted by Crippen LogP contribution is -2.19. The molecule has 1 aromatic rings. The largest absolute Gasteiger partial charge is 0.386 e. The van der Waals surface area contributed by atoms with E-state index in [0.29, 0.717) is 10.6 Å². The standard InChI is InChI=1S/C10H9ClO2/c11-7-3-1-6-2-4-9(12)10(13)8(6)5-7/h1-5,9-10,12-13H/t9-,10+/m0/s1. The molecule has 2 nitrogen and oxygen atoms in total. The van der Waals surface area contributed by atoms with E-state index in [0.717, 1.165) is 5.56 Å². The van der Waals surface area contributed by atoms with Gasteiger partial charge in [0.2, 0.25) is 0 Å². The molecule has 3 heteroatoms. The van der Waals surface area contributed by atoms with Gasteiger partial charge < -0.3 is 10.2 Å². The number of hydrogen-bond acceptors (Lipinski definition) is 2. The number of fused-ring (bicyclic) bond motifs is 1. The van der Waals surface area contributed by atoms with Crippen molar-refractivity contribution in [2.45, 2.75) is 12.2 Å². The minimum Gasteiger partial charge on any atom is -0.386 e. The monoisotopic (exact) mass is 196 g/mol. The SMILES string of the molecule is O[C@@H]1c2cc(Cl)ccc2C=C[C@@H]1O. The molecular formula is C10H9ClO2. The lowest BCUT2D eigenvalue weighted by Gasteiger charge is -2.21. The van der Waals surface area contributed by atoms with Crippen molar-refractivity contribution in [3.05, 3.63) is 40.4 Å². The summed E-state index contributed by atoms with van der Waals surface area (Å²) in [6, 6.07) is 5.26. The summed E-state index contributed by atoms with van der Waals surface area (Å²) < 4.78 is 0. The van der Waals surface area contributed by atoms with E-state index in [1.807, 2.05) is 6.07 Å². The Morgan fingerprint density at radius 3 is 2.77 bits per heavy atom. The third kappa shape index (κ3) is 1.48. The summed E-state index contributed by atoms with van der Waals surface area (Å²) in [7, 11) is 0. The maximum Gasteiger partial charge on any atom is 0.109 e. The normalized spacial score (nSPS) is 25.8. The molecule has 13 heavy (non-hydrogen) atoms. The molecule has 0 spiro atoms. The highest BCUT2D eigenvalue weighted by Gasteiger charge is 2.21. The van der Waals surface area contributed by atoms with E-state index in [9.17, 15) is 10.2 Å². The van der Waals surface area contributed by atoms with Crippen molar-refractivity contribution in [2.75, 3.05) is 0 Å². The second-order valence-corrected chi connectivity index (χ2v) is 3.50. The molecule has 1 aromatic carbocycles. The second kappa shape index (κ2) is 3.14. The fourth-order valence-electron chi connectivity index (χ4n) is 1.45. The second-order valence-electron chi connectivity index (χ2n) is 3.07. The van der Waals surface area contributed by atoms with Gasteiger partial charge in [0, 0.05) is 5.02 Å². The van der Waals surface area contributed by atoms with Crippen molar-refractivity contribution < 1.29 is 10.2 Å². The summed E-state index contributed by atoms with van der Waals surface area (Å²) in [4.78, 5) is 0. The van der Waals surface area contributed by atoms with Crippen LogP contribution in [0.1, 0.15) is 17.2 Å². The first-order valence-electron chi connectivity index (χ1n) is 4.02. The predicted molar refractivity (Wildman–Crippen MR) is 51.5 cm³/mol. The molecule has 0 unspecified atom stereocenters. The highest BCUT2D eigenvalue weighted by atomic mass is 35.5. The summed E-state index contributed by atoms with van der Waals surface area (Å²) in [5.74, 6) is 0. The zero-order valence-electron chi connectivity index (χ0n) is 6.81. The van der Waals surface area contributed by atoms with Crippen LogP contribution in [-0.4, -0.2) is 16.3 Å². The molecule has 0 saturated carbocycles. The Kier molecular flexibility index (Phi) is 2.12. The molecule has 0 amide bonds. The van der Waals surface area contributed by atoms with E-state index in [2.05, 4.69) is 0 Å². The summed E-state index contributed by atoms with van der Waals surface area (Å²) in [6.45, 7) is 0. The number of rotatable bonds is 0. The molecule has 0 radical (unpaired) electrons. The first-order valence-corrected chi connectivity index (χ1v) is 4.40. The molecule has 2 rings (SSSR count). The van der Waals surface area contributed by atoms with Crippen LogP contribution in [0.5, 0.6) is 0 Å². The molecule has 1 aliphatic carbocycles. The Labute approximate surface area is 81.1 Å². The molecular weight excluding hydrogens is 188 g/mol. The molecule has 1 aliphatic rings. The van der Waals surface area contributed by atoms with Gasteiger partial charge in [-0.15, -0.1) is 0 Å². The maximum atomic E-state index is 9.59. The molecule has 0 aromatic heterocycles. The van der Waals surface area contributed by atoms with Gasteiger partial charge in [-0.3, -0.25) is 0 Å². The zero-order valence-corrected chi connectivity index (χ0v) is 7.57. The third-order valence-corrected chi connectivity index (χ3v) is 2.40. The number of aliphatic hydroxyl groups excluding tert-OH is 2. The molecule has 2 N–H and O–H groups in total. The van der Waals surface area contributed by atoms with Crippen molar-refractivity contribution >= 4 is 17.7 Å². The highest BCUT2D eigenvalue weighted by Crippen LogP contribution is 2.29. The first-order chi connectivity index (χ1) is 6.18. The van der Waals surface area contributed by atoms with Crippen LogP contribution in [0.15, 0.2) is 24.3 Å². The summed E-state index contributed by atoms with van der Waals surface area (Å²) >= 11 is 5.77. The molecule has 0 saturated heterocycles. The molecule has 0 bridgehead atoms. The summed E-state index contributed by atoms with van der Waals surface area (Å²) in [6.07, 6.45) is 1.66. The summed E-state index contributed by atoms with van der Waals surface area (Å²) in [5.41, 5.74) is 1.59. The van der Waals surface area contributed by atoms with Crippen LogP contribution in [0.2, 0.25) is 5.02 Å². The van der Waals surface area contributed by atoms with E-state index in [-0.39, 0.29) is 0 Å². The van der Waals surface area contributed by atoms with E-state index in [1.165, 1.54) is 0 Å².